The lowest BCUT2D eigenvalue weighted by molar-refractivity contribution is -0.129. The summed E-state index contributed by atoms with van der Waals surface area (Å²) in [5, 5.41) is 9.27. The SMILES string of the molecule is O=C(Cc1nc2ccccc2[nH]1)N1CC[C@H](Cc2cccc(CO)c2)C1. The summed E-state index contributed by atoms with van der Waals surface area (Å²) in [7, 11) is 0. The van der Waals surface area contributed by atoms with Crippen LogP contribution in [0.2, 0.25) is 0 Å². The number of aromatic amines is 1. The largest absolute Gasteiger partial charge is 0.392 e. The zero-order chi connectivity index (χ0) is 17.9. The van der Waals surface area contributed by atoms with Crippen LogP contribution in [0.4, 0.5) is 0 Å². The van der Waals surface area contributed by atoms with Crippen molar-refractivity contribution in [2.45, 2.75) is 25.9 Å². The summed E-state index contributed by atoms with van der Waals surface area (Å²) in [6, 6.07) is 15.9. The molecular formula is C21H23N3O2. The molecule has 3 aromatic rings. The number of aliphatic hydroxyl groups excluding tert-OH is 1. The number of rotatable bonds is 5. The van der Waals surface area contributed by atoms with Crippen LogP contribution in [-0.2, 0) is 24.2 Å². The molecule has 1 aliphatic heterocycles. The van der Waals surface area contributed by atoms with Crippen LogP contribution in [0.15, 0.2) is 48.5 Å². The number of fused-ring (bicyclic) bond motifs is 1. The molecule has 1 aromatic heterocycles. The van der Waals surface area contributed by atoms with E-state index in [4.69, 9.17) is 0 Å². The maximum absolute atomic E-state index is 12.6. The van der Waals surface area contributed by atoms with Gasteiger partial charge in [0.05, 0.1) is 24.1 Å². The Morgan fingerprint density at radius 1 is 1.19 bits per heavy atom. The molecule has 26 heavy (non-hydrogen) atoms. The van der Waals surface area contributed by atoms with Gasteiger partial charge in [-0.3, -0.25) is 4.79 Å². The molecule has 1 aliphatic rings. The maximum Gasteiger partial charge on any atom is 0.230 e. The van der Waals surface area contributed by atoms with E-state index in [0.717, 1.165) is 48.4 Å². The van der Waals surface area contributed by atoms with Crippen molar-refractivity contribution in [1.29, 1.82) is 0 Å². The van der Waals surface area contributed by atoms with Gasteiger partial charge in [0.15, 0.2) is 0 Å². The first-order valence-electron chi connectivity index (χ1n) is 9.11. The molecule has 0 spiro atoms. The van der Waals surface area contributed by atoms with Crippen LogP contribution in [0.3, 0.4) is 0 Å². The Morgan fingerprint density at radius 2 is 2.04 bits per heavy atom. The van der Waals surface area contributed by atoms with Crippen LogP contribution in [0, 0.1) is 5.92 Å². The fourth-order valence-corrected chi connectivity index (χ4v) is 3.76. The Hall–Kier alpha value is -2.66. The van der Waals surface area contributed by atoms with Gasteiger partial charge in [0.2, 0.25) is 5.91 Å². The molecule has 0 unspecified atom stereocenters. The summed E-state index contributed by atoms with van der Waals surface area (Å²) in [6.07, 6.45) is 2.29. The smallest absolute Gasteiger partial charge is 0.230 e. The molecule has 0 saturated carbocycles. The molecule has 134 valence electrons. The third-order valence-electron chi connectivity index (χ3n) is 5.09. The highest BCUT2D eigenvalue weighted by atomic mass is 16.3. The summed E-state index contributed by atoms with van der Waals surface area (Å²) >= 11 is 0. The van der Waals surface area contributed by atoms with E-state index >= 15 is 0 Å². The number of carbonyl (C=O) groups excluding carboxylic acids is 1. The molecule has 1 saturated heterocycles. The van der Waals surface area contributed by atoms with Gasteiger partial charge in [-0.15, -0.1) is 0 Å². The number of carbonyl (C=O) groups is 1. The average molecular weight is 349 g/mol. The molecule has 2 heterocycles. The average Bonchev–Trinajstić information content (AvgIpc) is 3.28. The van der Waals surface area contributed by atoms with Crippen molar-refractivity contribution >= 4 is 16.9 Å². The lowest BCUT2D eigenvalue weighted by Gasteiger charge is -2.16. The van der Waals surface area contributed by atoms with Crippen molar-refractivity contribution in [2.24, 2.45) is 5.92 Å². The number of benzene rings is 2. The molecule has 2 aromatic carbocycles. The van der Waals surface area contributed by atoms with Gasteiger partial charge in [-0.25, -0.2) is 4.98 Å². The van der Waals surface area contributed by atoms with Gasteiger partial charge in [0, 0.05) is 13.1 Å². The molecular weight excluding hydrogens is 326 g/mol. The third-order valence-corrected chi connectivity index (χ3v) is 5.09. The number of amides is 1. The fraction of sp³-hybridized carbons (Fsp3) is 0.333. The molecule has 0 bridgehead atoms. The molecule has 4 rings (SSSR count). The molecule has 1 amide bonds. The Balaban J connectivity index is 1.36. The van der Waals surface area contributed by atoms with E-state index in [9.17, 15) is 9.90 Å². The Labute approximate surface area is 152 Å². The number of aromatic nitrogens is 2. The Bertz CT molecular complexity index is 885. The molecule has 5 nitrogen and oxygen atoms in total. The van der Waals surface area contributed by atoms with E-state index in [2.05, 4.69) is 22.1 Å². The second kappa shape index (κ2) is 7.30. The molecule has 2 N–H and O–H groups in total. The van der Waals surface area contributed by atoms with Gasteiger partial charge >= 0.3 is 0 Å². The minimum atomic E-state index is 0.0701. The summed E-state index contributed by atoms with van der Waals surface area (Å²) in [6.45, 7) is 1.67. The van der Waals surface area contributed by atoms with Crippen molar-refractivity contribution in [3.05, 3.63) is 65.5 Å². The normalized spacial score (nSPS) is 17.1. The van der Waals surface area contributed by atoms with E-state index < -0.39 is 0 Å². The first-order chi connectivity index (χ1) is 12.7. The van der Waals surface area contributed by atoms with E-state index in [1.165, 1.54) is 5.56 Å². The number of nitrogens with zero attached hydrogens (tertiary/aromatic N) is 2. The van der Waals surface area contributed by atoms with E-state index in [-0.39, 0.29) is 12.5 Å². The van der Waals surface area contributed by atoms with Gasteiger partial charge < -0.3 is 15.0 Å². The zero-order valence-corrected chi connectivity index (χ0v) is 14.7. The molecule has 1 atom stereocenters. The number of hydrogen-bond donors (Lipinski definition) is 2. The standard InChI is InChI=1S/C21H23N3O2/c25-14-17-5-3-4-15(11-17)10-16-8-9-24(13-16)21(26)12-20-22-18-6-1-2-7-19(18)23-20/h1-7,11,16,25H,8-10,12-14H2,(H,22,23)/t16-/m1/s1. The highest BCUT2D eigenvalue weighted by Crippen LogP contribution is 2.22. The van der Waals surface area contributed by atoms with Crippen LogP contribution in [0.5, 0.6) is 0 Å². The second-order valence-electron chi connectivity index (χ2n) is 7.05. The number of nitrogens with one attached hydrogen (secondary N) is 1. The van der Waals surface area contributed by atoms with Gasteiger partial charge in [-0.2, -0.15) is 0 Å². The van der Waals surface area contributed by atoms with Crippen LogP contribution in [-0.4, -0.2) is 39.0 Å². The summed E-state index contributed by atoms with van der Waals surface area (Å²) in [5.41, 5.74) is 4.04. The maximum atomic E-state index is 12.6. The summed E-state index contributed by atoms with van der Waals surface area (Å²) < 4.78 is 0. The van der Waals surface area contributed by atoms with Crippen LogP contribution in [0.1, 0.15) is 23.4 Å². The van der Waals surface area contributed by atoms with Crippen LogP contribution in [0.25, 0.3) is 11.0 Å². The minimum absolute atomic E-state index is 0.0701. The highest BCUT2D eigenvalue weighted by Gasteiger charge is 2.26. The van der Waals surface area contributed by atoms with Crippen LogP contribution < -0.4 is 0 Å². The fourth-order valence-electron chi connectivity index (χ4n) is 3.76. The van der Waals surface area contributed by atoms with Gasteiger partial charge in [0.1, 0.15) is 5.82 Å². The number of likely N-dealkylation sites (tertiary alicyclic amines) is 1. The number of aliphatic hydroxyl groups is 1. The zero-order valence-electron chi connectivity index (χ0n) is 14.7. The highest BCUT2D eigenvalue weighted by molar-refractivity contribution is 5.80. The van der Waals surface area contributed by atoms with Crippen molar-refractivity contribution in [1.82, 2.24) is 14.9 Å². The molecule has 5 heteroatoms. The third kappa shape index (κ3) is 3.63. The van der Waals surface area contributed by atoms with E-state index in [1.807, 2.05) is 41.3 Å². The summed E-state index contributed by atoms with van der Waals surface area (Å²) in [5.74, 6) is 1.34. The van der Waals surface area contributed by atoms with E-state index in [1.54, 1.807) is 0 Å². The monoisotopic (exact) mass is 349 g/mol. The Morgan fingerprint density at radius 3 is 2.88 bits per heavy atom. The quantitative estimate of drug-likeness (QED) is 0.744. The van der Waals surface area contributed by atoms with Crippen molar-refractivity contribution in [2.75, 3.05) is 13.1 Å². The van der Waals surface area contributed by atoms with Crippen molar-refractivity contribution in [3.63, 3.8) is 0 Å². The van der Waals surface area contributed by atoms with Gasteiger partial charge in [-0.05, 0) is 42.0 Å². The lowest BCUT2D eigenvalue weighted by atomic mass is 9.97. The molecule has 0 aliphatic carbocycles. The number of imidazole rings is 1. The summed E-state index contributed by atoms with van der Waals surface area (Å²) in [4.78, 5) is 22.3. The van der Waals surface area contributed by atoms with E-state index in [0.29, 0.717) is 12.3 Å². The predicted octanol–water partition coefficient (Wildman–Crippen LogP) is 2.69. The first-order valence-corrected chi connectivity index (χ1v) is 9.11. The molecule has 0 radical (unpaired) electrons. The first kappa shape index (κ1) is 16.8. The molecule has 1 fully saturated rings. The lowest BCUT2D eigenvalue weighted by Crippen LogP contribution is -2.30. The van der Waals surface area contributed by atoms with Gasteiger partial charge in [0.25, 0.3) is 0 Å². The van der Waals surface area contributed by atoms with Crippen molar-refractivity contribution < 1.29 is 9.90 Å². The second-order valence-corrected chi connectivity index (χ2v) is 7.05. The topological polar surface area (TPSA) is 69.2 Å². The van der Waals surface area contributed by atoms with Crippen LogP contribution >= 0.6 is 0 Å². The number of hydrogen-bond acceptors (Lipinski definition) is 3. The number of para-hydroxylation sites is 2. The van der Waals surface area contributed by atoms with Crippen molar-refractivity contribution in [3.8, 4) is 0 Å². The predicted molar refractivity (Wildman–Crippen MR) is 101 cm³/mol. The Kier molecular flexibility index (Phi) is 4.71. The van der Waals surface area contributed by atoms with Gasteiger partial charge in [-0.1, -0.05) is 36.4 Å². The number of H-pyrrole nitrogens is 1. The minimum Gasteiger partial charge on any atom is -0.392 e.